The summed E-state index contributed by atoms with van der Waals surface area (Å²) < 4.78 is 45.0. The molecule has 0 saturated heterocycles. The minimum absolute atomic E-state index is 0.106. The normalized spacial score (nSPS) is 10.7. The number of rotatable bonds is 4. The number of aromatic nitrogens is 3. The van der Waals surface area contributed by atoms with Gasteiger partial charge in [-0.25, -0.2) is 13.2 Å². The Kier molecular flexibility index (Phi) is 3.88. The first-order chi connectivity index (χ1) is 11.0. The number of nitrogen functional groups attached to an aromatic ring is 1. The summed E-state index contributed by atoms with van der Waals surface area (Å²) in [5.41, 5.74) is 7.45. The third-order valence-corrected chi connectivity index (χ3v) is 3.12. The molecule has 5 nitrogen and oxygen atoms in total. The topological polar surface area (TPSA) is 76.8 Å². The van der Waals surface area contributed by atoms with Crippen LogP contribution in [0.2, 0.25) is 0 Å². The van der Waals surface area contributed by atoms with Crippen molar-refractivity contribution in [2.45, 2.75) is 6.61 Å². The van der Waals surface area contributed by atoms with Gasteiger partial charge in [0.25, 0.3) is 0 Å². The molecule has 0 saturated carbocycles. The number of aromatic amines is 1. The van der Waals surface area contributed by atoms with E-state index in [1.807, 2.05) is 0 Å². The second kappa shape index (κ2) is 5.99. The summed E-state index contributed by atoms with van der Waals surface area (Å²) in [5.74, 6) is -3.59. The van der Waals surface area contributed by atoms with E-state index in [2.05, 4.69) is 15.4 Å². The number of nitrogens with one attached hydrogen (secondary N) is 1. The monoisotopic (exact) mass is 320 g/mol. The number of benzene rings is 2. The van der Waals surface area contributed by atoms with Crippen LogP contribution in [0.5, 0.6) is 5.75 Å². The molecule has 0 fully saturated rings. The van der Waals surface area contributed by atoms with E-state index in [0.29, 0.717) is 29.0 Å². The van der Waals surface area contributed by atoms with E-state index in [4.69, 9.17) is 10.5 Å². The lowest BCUT2D eigenvalue weighted by molar-refractivity contribution is 0.272. The molecule has 23 heavy (non-hydrogen) atoms. The average molecular weight is 320 g/mol. The summed E-state index contributed by atoms with van der Waals surface area (Å²) >= 11 is 0. The molecule has 0 spiro atoms. The maximum atomic E-state index is 13.5. The molecule has 118 valence electrons. The summed E-state index contributed by atoms with van der Waals surface area (Å²) in [6, 6.07) is 8.01. The van der Waals surface area contributed by atoms with Gasteiger partial charge in [-0.15, -0.1) is 5.10 Å². The highest BCUT2D eigenvalue weighted by molar-refractivity contribution is 5.69. The molecule has 0 bridgehead atoms. The zero-order valence-electron chi connectivity index (χ0n) is 11.7. The second-order valence-corrected chi connectivity index (χ2v) is 4.75. The van der Waals surface area contributed by atoms with Crippen LogP contribution in [0, 0.1) is 17.5 Å². The Hall–Kier alpha value is -3.03. The van der Waals surface area contributed by atoms with Gasteiger partial charge in [0.15, 0.2) is 23.2 Å². The molecule has 3 aromatic rings. The first kappa shape index (κ1) is 14.9. The predicted octanol–water partition coefficient (Wildman–Crippen LogP) is 3.05. The van der Waals surface area contributed by atoms with Crippen molar-refractivity contribution in [1.82, 2.24) is 15.4 Å². The Bertz CT molecular complexity index is 827. The van der Waals surface area contributed by atoms with Crippen LogP contribution in [0.3, 0.4) is 0 Å². The van der Waals surface area contributed by atoms with Crippen molar-refractivity contribution in [2.24, 2.45) is 0 Å². The molecular formula is C15H11F3N4O. The van der Waals surface area contributed by atoms with Crippen molar-refractivity contribution in [1.29, 1.82) is 0 Å². The quantitative estimate of drug-likeness (QED) is 0.774. The van der Waals surface area contributed by atoms with E-state index in [1.54, 1.807) is 24.3 Å². The van der Waals surface area contributed by atoms with Gasteiger partial charge in [0.05, 0.1) is 0 Å². The van der Waals surface area contributed by atoms with Crippen molar-refractivity contribution >= 4 is 5.82 Å². The van der Waals surface area contributed by atoms with Gasteiger partial charge in [0.1, 0.15) is 18.1 Å². The number of nitrogens with two attached hydrogens (primary N) is 1. The molecule has 3 rings (SSSR count). The maximum absolute atomic E-state index is 13.5. The van der Waals surface area contributed by atoms with Crippen molar-refractivity contribution in [2.75, 3.05) is 5.73 Å². The smallest absolute Gasteiger partial charge is 0.191 e. The predicted molar refractivity (Wildman–Crippen MR) is 76.9 cm³/mol. The molecule has 1 aromatic heterocycles. The van der Waals surface area contributed by atoms with Crippen molar-refractivity contribution in [3.63, 3.8) is 0 Å². The van der Waals surface area contributed by atoms with E-state index < -0.39 is 23.2 Å². The van der Waals surface area contributed by atoms with Crippen LogP contribution >= 0.6 is 0 Å². The van der Waals surface area contributed by atoms with Gasteiger partial charge in [0.2, 0.25) is 0 Å². The molecule has 0 amide bonds. The highest BCUT2D eigenvalue weighted by atomic mass is 19.1. The molecule has 0 aliphatic carbocycles. The van der Waals surface area contributed by atoms with Crippen LogP contribution in [-0.2, 0) is 6.61 Å². The van der Waals surface area contributed by atoms with E-state index in [-0.39, 0.29) is 12.4 Å². The van der Waals surface area contributed by atoms with Crippen LogP contribution in [0.25, 0.3) is 11.3 Å². The third-order valence-electron chi connectivity index (χ3n) is 3.12. The van der Waals surface area contributed by atoms with Crippen LogP contribution in [0.1, 0.15) is 5.56 Å². The van der Waals surface area contributed by atoms with Gasteiger partial charge >= 0.3 is 0 Å². The lowest BCUT2D eigenvalue weighted by atomic mass is 10.1. The lowest BCUT2D eigenvalue weighted by Gasteiger charge is -2.09. The van der Waals surface area contributed by atoms with Crippen LogP contribution < -0.4 is 10.5 Å². The number of hydrogen-bond donors (Lipinski definition) is 2. The Morgan fingerprint density at radius 2 is 1.78 bits per heavy atom. The number of hydrogen-bond acceptors (Lipinski definition) is 4. The molecule has 0 radical (unpaired) electrons. The molecule has 3 N–H and O–H groups in total. The highest BCUT2D eigenvalue weighted by Crippen LogP contribution is 2.25. The van der Waals surface area contributed by atoms with Gasteiger partial charge in [-0.1, -0.05) is 18.2 Å². The van der Waals surface area contributed by atoms with Gasteiger partial charge in [-0.2, -0.15) is 10.3 Å². The molecule has 0 aliphatic rings. The fourth-order valence-corrected chi connectivity index (χ4v) is 2.08. The van der Waals surface area contributed by atoms with Gasteiger partial charge < -0.3 is 10.5 Å². The third kappa shape index (κ3) is 3.10. The highest BCUT2D eigenvalue weighted by Gasteiger charge is 2.13. The molecule has 2 aromatic carbocycles. The van der Waals surface area contributed by atoms with Crippen molar-refractivity contribution in [3.8, 4) is 17.0 Å². The molecule has 0 atom stereocenters. The molecule has 0 unspecified atom stereocenters. The van der Waals surface area contributed by atoms with E-state index in [1.165, 1.54) is 0 Å². The Balaban J connectivity index is 1.81. The van der Waals surface area contributed by atoms with Crippen LogP contribution in [0.15, 0.2) is 36.4 Å². The van der Waals surface area contributed by atoms with Crippen LogP contribution in [-0.4, -0.2) is 15.4 Å². The zero-order chi connectivity index (χ0) is 16.4. The fourth-order valence-electron chi connectivity index (χ4n) is 2.08. The Morgan fingerprint density at radius 3 is 2.43 bits per heavy atom. The van der Waals surface area contributed by atoms with Crippen molar-refractivity contribution in [3.05, 3.63) is 59.4 Å². The minimum Gasteiger partial charge on any atom is -0.483 e. The first-order valence-electron chi connectivity index (χ1n) is 6.57. The average Bonchev–Trinajstić information content (AvgIpc) is 2.92. The van der Waals surface area contributed by atoms with E-state index in [0.717, 1.165) is 0 Å². The first-order valence-corrected chi connectivity index (χ1v) is 6.57. The summed E-state index contributed by atoms with van der Waals surface area (Å²) in [6.07, 6.45) is 0. The summed E-state index contributed by atoms with van der Waals surface area (Å²) in [6.45, 7) is -0.106. The second-order valence-electron chi connectivity index (χ2n) is 4.75. The summed E-state index contributed by atoms with van der Waals surface area (Å²) in [7, 11) is 0. The number of nitrogens with zero attached hydrogens (tertiary/aromatic N) is 2. The number of ether oxygens (including phenoxy) is 1. The summed E-state index contributed by atoms with van der Waals surface area (Å²) in [4.78, 5) is 0. The molecular weight excluding hydrogens is 309 g/mol. The largest absolute Gasteiger partial charge is 0.483 e. The van der Waals surface area contributed by atoms with Crippen LogP contribution in [0.4, 0.5) is 19.0 Å². The number of halogens is 3. The van der Waals surface area contributed by atoms with E-state index in [9.17, 15) is 13.2 Å². The van der Waals surface area contributed by atoms with Gasteiger partial charge in [-0.3, -0.25) is 0 Å². The molecule has 0 aliphatic heterocycles. The molecule has 1 heterocycles. The lowest BCUT2D eigenvalue weighted by Crippen LogP contribution is -2.01. The standard InChI is InChI=1S/C15H11F3N4O/c16-10-5-11(17)14(12(18)6-10)23-7-8-2-1-3-9(4-8)13-15(19)21-22-20-13/h1-6H,7H2,(H3,19,20,21,22). The van der Waals surface area contributed by atoms with Gasteiger partial charge in [0, 0.05) is 17.7 Å². The Labute approximate surface area is 128 Å². The number of H-pyrrole nitrogens is 1. The van der Waals surface area contributed by atoms with Crippen molar-refractivity contribution < 1.29 is 17.9 Å². The fraction of sp³-hybridized carbons (Fsp3) is 0.0667. The number of anilines is 1. The minimum atomic E-state index is -1.10. The van der Waals surface area contributed by atoms with E-state index >= 15 is 0 Å². The SMILES string of the molecule is Nc1n[nH]nc1-c1cccc(COc2c(F)cc(F)cc2F)c1. The zero-order valence-corrected chi connectivity index (χ0v) is 11.7. The summed E-state index contributed by atoms with van der Waals surface area (Å²) in [5, 5.41) is 10.0. The van der Waals surface area contributed by atoms with Gasteiger partial charge in [-0.05, 0) is 11.6 Å². The molecule has 8 heteroatoms. The maximum Gasteiger partial charge on any atom is 0.191 e. The Morgan fingerprint density at radius 1 is 1.04 bits per heavy atom.